The standard InChI is InChI=1S/C16H22N2O3/c1-11-8-18-16(21-11)9-17-12(2)13-5-6-15(20-4)14(7-13)10-19-3/h5-8,12,17H,9-10H2,1-4H3. The van der Waals surface area contributed by atoms with Crippen LogP contribution in [0, 0.1) is 6.92 Å². The molecule has 1 aromatic carbocycles. The second-order valence-electron chi connectivity index (χ2n) is 4.97. The van der Waals surface area contributed by atoms with Gasteiger partial charge in [0.15, 0.2) is 0 Å². The molecule has 0 spiro atoms. The van der Waals surface area contributed by atoms with Crippen LogP contribution in [0.15, 0.2) is 28.8 Å². The Morgan fingerprint density at radius 3 is 2.76 bits per heavy atom. The molecule has 1 aromatic heterocycles. The first-order valence-electron chi connectivity index (χ1n) is 6.94. The van der Waals surface area contributed by atoms with Crippen molar-refractivity contribution in [1.29, 1.82) is 0 Å². The summed E-state index contributed by atoms with van der Waals surface area (Å²) in [6.07, 6.45) is 1.73. The molecule has 0 amide bonds. The van der Waals surface area contributed by atoms with Gasteiger partial charge in [0.2, 0.25) is 5.89 Å². The Kier molecular flexibility index (Phi) is 5.36. The average Bonchev–Trinajstić information content (AvgIpc) is 2.90. The Morgan fingerprint density at radius 2 is 2.14 bits per heavy atom. The topological polar surface area (TPSA) is 56.5 Å². The first-order chi connectivity index (χ1) is 10.1. The maximum atomic E-state index is 5.45. The molecule has 5 heteroatoms. The van der Waals surface area contributed by atoms with Crippen LogP contribution in [0.4, 0.5) is 0 Å². The van der Waals surface area contributed by atoms with E-state index < -0.39 is 0 Å². The number of hydrogen-bond acceptors (Lipinski definition) is 5. The van der Waals surface area contributed by atoms with Crippen LogP contribution < -0.4 is 10.1 Å². The molecule has 2 aromatic rings. The van der Waals surface area contributed by atoms with Crippen molar-refractivity contribution < 1.29 is 13.9 Å². The SMILES string of the molecule is COCc1cc(C(C)NCc2ncc(C)o2)ccc1OC. The van der Waals surface area contributed by atoms with Gasteiger partial charge >= 0.3 is 0 Å². The second kappa shape index (κ2) is 7.24. The van der Waals surface area contributed by atoms with Gasteiger partial charge in [0, 0.05) is 18.7 Å². The highest BCUT2D eigenvalue weighted by Gasteiger charge is 2.10. The lowest BCUT2D eigenvalue weighted by Crippen LogP contribution is -2.18. The van der Waals surface area contributed by atoms with Crippen LogP contribution in [0.5, 0.6) is 5.75 Å². The van der Waals surface area contributed by atoms with Gasteiger partial charge in [0.1, 0.15) is 11.5 Å². The van der Waals surface area contributed by atoms with Gasteiger partial charge in [0.05, 0.1) is 26.5 Å². The van der Waals surface area contributed by atoms with Crippen LogP contribution >= 0.6 is 0 Å². The zero-order chi connectivity index (χ0) is 15.2. The minimum atomic E-state index is 0.179. The summed E-state index contributed by atoms with van der Waals surface area (Å²) >= 11 is 0. The third-order valence-corrected chi connectivity index (χ3v) is 3.33. The number of aryl methyl sites for hydroxylation is 1. The molecule has 0 saturated carbocycles. The van der Waals surface area contributed by atoms with Crippen molar-refractivity contribution in [3.63, 3.8) is 0 Å². The average molecular weight is 290 g/mol. The normalized spacial score (nSPS) is 12.4. The number of aromatic nitrogens is 1. The molecule has 114 valence electrons. The molecule has 0 aliphatic carbocycles. The number of ether oxygens (including phenoxy) is 2. The van der Waals surface area contributed by atoms with Crippen molar-refractivity contribution >= 4 is 0 Å². The molecule has 0 fully saturated rings. The lowest BCUT2D eigenvalue weighted by atomic mass is 10.0. The summed E-state index contributed by atoms with van der Waals surface area (Å²) in [5.41, 5.74) is 2.21. The fourth-order valence-electron chi connectivity index (χ4n) is 2.18. The lowest BCUT2D eigenvalue weighted by Gasteiger charge is -2.16. The summed E-state index contributed by atoms with van der Waals surface area (Å²) < 4.78 is 16.0. The highest BCUT2D eigenvalue weighted by atomic mass is 16.5. The quantitative estimate of drug-likeness (QED) is 0.849. The first-order valence-corrected chi connectivity index (χ1v) is 6.94. The van der Waals surface area contributed by atoms with Gasteiger partial charge in [0.25, 0.3) is 0 Å². The van der Waals surface area contributed by atoms with Crippen LogP contribution in [-0.4, -0.2) is 19.2 Å². The summed E-state index contributed by atoms with van der Waals surface area (Å²) in [6, 6.07) is 6.30. The molecule has 1 atom stereocenters. The summed E-state index contributed by atoms with van der Waals surface area (Å²) in [4.78, 5) is 4.19. The number of nitrogens with one attached hydrogen (secondary N) is 1. The maximum Gasteiger partial charge on any atom is 0.208 e. The first kappa shape index (κ1) is 15.5. The van der Waals surface area contributed by atoms with Gasteiger partial charge in [-0.15, -0.1) is 0 Å². The van der Waals surface area contributed by atoms with Crippen molar-refractivity contribution in [2.45, 2.75) is 33.0 Å². The molecule has 0 aliphatic rings. The van der Waals surface area contributed by atoms with E-state index in [1.165, 1.54) is 5.56 Å². The fourth-order valence-corrected chi connectivity index (χ4v) is 2.18. The largest absolute Gasteiger partial charge is 0.496 e. The van der Waals surface area contributed by atoms with Gasteiger partial charge in [-0.05, 0) is 31.5 Å². The highest BCUT2D eigenvalue weighted by Crippen LogP contribution is 2.24. The molecule has 1 N–H and O–H groups in total. The molecule has 2 rings (SSSR count). The molecule has 0 bridgehead atoms. The Bertz CT molecular complexity index is 581. The van der Waals surface area contributed by atoms with Crippen molar-refractivity contribution in [3.05, 3.63) is 47.2 Å². The van der Waals surface area contributed by atoms with E-state index in [9.17, 15) is 0 Å². The van der Waals surface area contributed by atoms with Gasteiger partial charge in [-0.1, -0.05) is 6.07 Å². The third kappa shape index (κ3) is 4.06. The van der Waals surface area contributed by atoms with E-state index in [1.807, 2.05) is 13.0 Å². The van der Waals surface area contributed by atoms with Crippen LogP contribution in [0.3, 0.4) is 0 Å². The highest BCUT2D eigenvalue weighted by molar-refractivity contribution is 5.38. The lowest BCUT2D eigenvalue weighted by molar-refractivity contribution is 0.181. The monoisotopic (exact) mass is 290 g/mol. The number of oxazole rings is 1. The Hall–Kier alpha value is -1.85. The molecule has 0 aliphatic heterocycles. The molecule has 5 nitrogen and oxygen atoms in total. The maximum absolute atomic E-state index is 5.45. The molecule has 0 radical (unpaired) electrons. The molecular weight excluding hydrogens is 268 g/mol. The van der Waals surface area contributed by atoms with E-state index in [0.717, 1.165) is 17.1 Å². The van der Waals surface area contributed by atoms with Crippen molar-refractivity contribution in [2.75, 3.05) is 14.2 Å². The van der Waals surface area contributed by atoms with E-state index in [0.29, 0.717) is 19.0 Å². The zero-order valence-electron chi connectivity index (χ0n) is 13.0. The number of benzene rings is 1. The number of hydrogen-bond donors (Lipinski definition) is 1. The fraction of sp³-hybridized carbons (Fsp3) is 0.438. The van der Waals surface area contributed by atoms with E-state index in [4.69, 9.17) is 13.9 Å². The smallest absolute Gasteiger partial charge is 0.208 e. The minimum Gasteiger partial charge on any atom is -0.496 e. The van der Waals surface area contributed by atoms with Crippen LogP contribution in [-0.2, 0) is 17.9 Å². The summed E-state index contributed by atoms with van der Waals surface area (Å²) in [5.74, 6) is 2.37. The number of rotatable bonds is 7. The number of nitrogens with zero attached hydrogens (tertiary/aromatic N) is 1. The van der Waals surface area contributed by atoms with Crippen molar-refractivity contribution in [2.24, 2.45) is 0 Å². The van der Waals surface area contributed by atoms with E-state index in [1.54, 1.807) is 20.4 Å². The predicted molar refractivity (Wildman–Crippen MR) is 80.2 cm³/mol. The van der Waals surface area contributed by atoms with Gasteiger partial charge < -0.3 is 19.2 Å². The Morgan fingerprint density at radius 1 is 1.33 bits per heavy atom. The van der Waals surface area contributed by atoms with E-state index in [2.05, 4.69) is 29.4 Å². The van der Waals surface area contributed by atoms with E-state index >= 15 is 0 Å². The predicted octanol–water partition coefficient (Wildman–Crippen LogP) is 2.99. The molecule has 1 unspecified atom stereocenters. The third-order valence-electron chi connectivity index (χ3n) is 3.33. The van der Waals surface area contributed by atoms with Crippen molar-refractivity contribution in [3.8, 4) is 5.75 Å². The summed E-state index contributed by atoms with van der Waals surface area (Å²) in [7, 11) is 3.35. The van der Waals surface area contributed by atoms with Gasteiger partial charge in [-0.3, -0.25) is 0 Å². The van der Waals surface area contributed by atoms with Crippen LogP contribution in [0.1, 0.15) is 35.7 Å². The van der Waals surface area contributed by atoms with E-state index in [-0.39, 0.29) is 6.04 Å². The van der Waals surface area contributed by atoms with Gasteiger partial charge in [-0.25, -0.2) is 4.98 Å². The second-order valence-corrected chi connectivity index (χ2v) is 4.97. The molecule has 0 saturated heterocycles. The summed E-state index contributed by atoms with van der Waals surface area (Å²) in [5, 5.41) is 3.40. The van der Waals surface area contributed by atoms with Gasteiger partial charge in [-0.2, -0.15) is 0 Å². The number of methoxy groups -OCH3 is 2. The molecule has 21 heavy (non-hydrogen) atoms. The Labute approximate surface area is 125 Å². The summed E-state index contributed by atoms with van der Waals surface area (Å²) in [6.45, 7) is 5.12. The molecule has 1 heterocycles. The van der Waals surface area contributed by atoms with Crippen LogP contribution in [0.2, 0.25) is 0 Å². The van der Waals surface area contributed by atoms with Crippen LogP contribution in [0.25, 0.3) is 0 Å². The molecular formula is C16H22N2O3. The van der Waals surface area contributed by atoms with Crippen molar-refractivity contribution in [1.82, 2.24) is 10.3 Å². The Balaban J connectivity index is 2.04. The minimum absolute atomic E-state index is 0.179. The zero-order valence-corrected chi connectivity index (χ0v) is 13.0.